The predicted octanol–water partition coefficient (Wildman–Crippen LogP) is 3.82. The Bertz CT molecular complexity index is 937. The topological polar surface area (TPSA) is 92.1 Å². The van der Waals surface area contributed by atoms with Gasteiger partial charge in [-0.15, -0.1) is 0 Å². The number of nitro benzene ring substituents is 1. The van der Waals surface area contributed by atoms with Crippen molar-refractivity contribution >= 4 is 11.6 Å². The van der Waals surface area contributed by atoms with E-state index in [4.69, 9.17) is 0 Å². The number of carbonyl (C=O) groups excluding carboxylic acids is 1. The summed E-state index contributed by atoms with van der Waals surface area (Å²) in [5.74, 6) is -0.237. The monoisotopic (exact) mass is 350 g/mol. The highest BCUT2D eigenvalue weighted by Gasteiger charge is 2.22. The van der Waals surface area contributed by atoms with E-state index in [2.05, 4.69) is 10.2 Å². The summed E-state index contributed by atoms with van der Waals surface area (Å²) in [6.07, 6.45) is 0. The minimum Gasteiger partial charge on any atom is -0.334 e. The minimum atomic E-state index is -0.445. The van der Waals surface area contributed by atoms with Gasteiger partial charge in [0, 0.05) is 24.7 Å². The molecule has 0 radical (unpaired) electrons. The summed E-state index contributed by atoms with van der Waals surface area (Å²) in [5.41, 5.74) is 2.66. The quantitative estimate of drug-likeness (QED) is 0.559. The van der Waals surface area contributed by atoms with E-state index in [1.54, 1.807) is 25.2 Å². The second-order valence-corrected chi connectivity index (χ2v) is 5.98. The van der Waals surface area contributed by atoms with Crippen LogP contribution in [0.15, 0.2) is 60.7 Å². The highest BCUT2D eigenvalue weighted by molar-refractivity contribution is 5.93. The van der Waals surface area contributed by atoms with Crippen molar-refractivity contribution in [2.24, 2.45) is 0 Å². The Labute approximate surface area is 150 Å². The molecule has 0 saturated carbocycles. The lowest BCUT2D eigenvalue weighted by Gasteiger charge is -2.24. The standard InChI is InChI=1S/C19H18N4O3/c1-13(15-9-6-10-16(11-15)23(25)26)22(2)19(24)18-12-17(20-21-18)14-7-4-3-5-8-14/h3-13H,1-2H3,(H,20,21)/t13-/m0/s1. The van der Waals surface area contributed by atoms with E-state index in [1.807, 2.05) is 37.3 Å². The molecule has 0 fully saturated rings. The lowest BCUT2D eigenvalue weighted by atomic mass is 10.1. The van der Waals surface area contributed by atoms with Crippen LogP contribution in [0.4, 0.5) is 5.69 Å². The Morgan fingerprint density at radius 2 is 1.88 bits per heavy atom. The SMILES string of the molecule is C[C@@H](c1cccc([N+](=O)[O-])c1)N(C)C(=O)c1cc(-c2ccccc2)n[nH]1. The maximum atomic E-state index is 12.7. The Balaban J connectivity index is 1.80. The van der Waals surface area contributed by atoms with Gasteiger partial charge in [-0.3, -0.25) is 20.0 Å². The third-order valence-electron chi connectivity index (χ3n) is 4.34. The van der Waals surface area contributed by atoms with Gasteiger partial charge in [-0.05, 0) is 18.6 Å². The molecule has 0 unspecified atom stereocenters. The summed E-state index contributed by atoms with van der Waals surface area (Å²) in [5, 5.41) is 17.9. The van der Waals surface area contributed by atoms with Crippen molar-refractivity contribution in [1.29, 1.82) is 0 Å². The van der Waals surface area contributed by atoms with Crippen LogP contribution in [0, 0.1) is 10.1 Å². The van der Waals surface area contributed by atoms with Crippen molar-refractivity contribution in [2.45, 2.75) is 13.0 Å². The zero-order valence-corrected chi connectivity index (χ0v) is 14.4. The minimum absolute atomic E-state index is 0.00287. The van der Waals surface area contributed by atoms with Crippen molar-refractivity contribution in [3.05, 3.63) is 82.0 Å². The number of hydrogen-bond donors (Lipinski definition) is 1. The van der Waals surface area contributed by atoms with Gasteiger partial charge in [-0.25, -0.2) is 0 Å². The van der Waals surface area contributed by atoms with E-state index in [1.165, 1.54) is 17.0 Å². The van der Waals surface area contributed by atoms with E-state index >= 15 is 0 Å². The number of H-pyrrole nitrogens is 1. The number of nitrogens with zero attached hydrogens (tertiary/aromatic N) is 3. The summed E-state index contributed by atoms with van der Waals surface area (Å²) in [7, 11) is 1.66. The maximum absolute atomic E-state index is 12.7. The van der Waals surface area contributed by atoms with Crippen molar-refractivity contribution in [3.63, 3.8) is 0 Å². The Kier molecular flexibility index (Phi) is 4.79. The number of amides is 1. The van der Waals surface area contributed by atoms with E-state index < -0.39 is 4.92 Å². The first-order valence-electron chi connectivity index (χ1n) is 8.09. The van der Waals surface area contributed by atoms with Crippen molar-refractivity contribution in [1.82, 2.24) is 15.1 Å². The van der Waals surface area contributed by atoms with Gasteiger partial charge in [0.1, 0.15) is 5.69 Å². The molecule has 7 nitrogen and oxygen atoms in total. The fourth-order valence-corrected chi connectivity index (χ4v) is 2.68. The molecular formula is C19H18N4O3. The van der Waals surface area contributed by atoms with Crippen LogP contribution in [0.2, 0.25) is 0 Å². The molecule has 1 heterocycles. The molecule has 1 N–H and O–H groups in total. The first kappa shape index (κ1) is 17.3. The van der Waals surface area contributed by atoms with E-state index in [0.717, 1.165) is 5.56 Å². The summed E-state index contributed by atoms with van der Waals surface area (Å²) >= 11 is 0. The van der Waals surface area contributed by atoms with E-state index in [-0.39, 0.29) is 17.6 Å². The number of carbonyl (C=O) groups is 1. The Morgan fingerprint density at radius 1 is 1.15 bits per heavy atom. The predicted molar refractivity (Wildman–Crippen MR) is 97.6 cm³/mol. The smallest absolute Gasteiger partial charge is 0.272 e. The third-order valence-corrected chi connectivity index (χ3v) is 4.34. The van der Waals surface area contributed by atoms with Crippen molar-refractivity contribution < 1.29 is 9.72 Å². The number of benzene rings is 2. The fourth-order valence-electron chi connectivity index (χ4n) is 2.68. The first-order chi connectivity index (χ1) is 12.5. The number of aromatic nitrogens is 2. The maximum Gasteiger partial charge on any atom is 0.272 e. The van der Waals surface area contributed by atoms with Crippen LogP contribution in [0.3, 0.4) is 0 Å². The lowest BCUT2D eigenvalue weighted by molar-refractivity contribution is -0.384. The molecule has 0 bridgehead atoms. The van der Waals surface area contributed by atoms with Gasteiger partial charge in [0.05, 0.1) is 16.7 Å². The molecule has 1 atom stereocenters. The summed E-state index contributed by atoms with van der Waals surface area (Å²) < 4.78 is 0. The molecule has 0 aliphatic rings. The van der Waals surface area contributed by atoms with Crippen LogP contribution in [0.25, 0.3) is 11.3 Å². The molecule has 3 rings (SSSR count). The van der Waals surface area contributed by atoms with Gasteiger partial charge in [-0.2, -0.15) is 5.10 Å². The van der Waals surface area contributed by atoms with Crippen LogP contribution in [0.1, 0.15) is 29.0 Å². The van der Waals surface area contributed by atoms with Gasteiger partial charge in [0.25, 0.3) is 11.6 Å². The van der Waals surface area contributed by atoms with Crippen LogP contribution < -0.4 is 0 Å². The van der Waals surface area contributed by atoms with Crippen LogP contribution in [0.5, 0.6) is 0 Å². The summed E-state index contributed by atoms with van der Waals surface area (Å²) in [4.78, 5) is 24.8. The molecule has 0 aliphatic heterocycles. The second-order valence-electron chi connectivity index (χ2n) is 5.98. The third kappa shape index (κ3) is 3.46. The fraction of sp³-hybridized carbons (Fsp3) is 0.158. The lowest BCUT2D eigenvalue weighted by Crippen LogP contribution is -2.30. The highest BCUT2D eigenvalue weighted by Crippen LogP contribution is 2.25. The van der Waals surface area contributed by atoms with Gasteiger partial charge < -0.3 is 4.90 Å². The van der Waals surface area contributed by atoms with E-state index in [0.29, 0.717) is 17.0 Å². The molecule has 3 aromatic rings. The molecule has 1 amide bonds. The first-order valence-corrected chi connectivity index (χ1v) is 8.09. The number of nitrogens with one attached hydrogen (secondary N) is 1. The van der Waals surface area contributed by atoms with Gasteiger partial charge in [0.2, 0.25) is 0 Å². The van der Waals surface area contributed by atoms with Gasteiger partial charge in [-0.1, -0.05) is 42.5 Å². The molecule has 1 aromatic heterocycles. The molecular weight excluding hydrogens is 332 g/mol. The highest BCUT2D eigenvalue weighted by atomic mass is 16.6. The molecule has 0 saturated heterocycles. The number of non-ortho nitro benzene ring substituents is 1. The number of hydrogen-bond acceptors (Lipinski definition) is 4. The molecule has 0 aliphatic carbocycles. The number of aromatic amines is 1. The second kappa shape index (κ2) is 7.18. The molecule has 7 heteroatoms. The largest absolute Gasteiger partial charge is 0.334 e. The normalized spacial score (nSPS) is 11.8. The summed E-state index contributed by atoms with van der Waals surface area (Å²) in [6, 6.07) is 17.2. The molecule has 0 spiro atoms. The van der Waals surface area contributed by atoms with Crippen molar-refractivity contribution in [3.8, 4) is 11.3 Å². The van der Waals surface area contributed by atoms with Gasteiger partial charge in [0.15, 0.2) is 0 Å². The summed E-state index contributed by atoms with van der Waals surface area (Å²) in [6.45, 7) is 1.82. The van der Waals surface area contributed by atoms with Gasteiger partial charge >= 0.3 is 0 Å². The zero-order chi connectivity index (χ0) is 18.7. The number of rotatable bonds is 5. The molecule has 132 valence electrons. The van der Waals surface area contributed by atoms with Crippen LogP contribution in [-0.4, -0.2) is 33.0 Å². The number of nitro groups is 1. The average molecular weight is 350 g/mol. The van der Waals surface area contributed by atoms with Crippen molar-refractivity contribution in [2.75, 3.05) is 7.05 Å². The van der Waals surface area contributed by atoms with E-state index in [9.17, 15) is 14.9 Å². The average Bonchev–Trinajstić information content (AvgIpc) is 3.17. The molecule has 2 aromatic carbocycles. The van der Waals surface area contributed by atoms with Crippen LogP contribution >= 0.6 is 0 Å². The van der Waals surface area contributed by atoms with Crippen LogP contribution in [-0.2, 0) is 0 Å². The Morgan fingerprint density at radius 3 is 2.58 bits per heavy atom. The zero-order valence-electron chi connectivity index (χ0n) is 14.4. The Hall–Kier alpha value is -3.48. The molecule has 26 heavy (non-hydrogen) atoms.